The van der Waals surface area contributed by atoms with Crippen molar-refractivity contribution >= 4 is 26.0 Å². The zero-order valence-electron chi connectivity index (χ0n) is 6.25. The smallest absolute Gasteiger partial charge is 0.221 e. The summed E-state index contributed by atoms with van der Waals surface area (Å²) in [6.07, 6.45) is 3.49. The lowest BCUT2D eigenvalue weighted by Gasteiger charge is -2.00. The average Bonchev–Trinajstić information content (AvgIpc) is 2.53. The van der Waals surface area contributed by atoms with Gasteiger partial charge in [-0.3, -0.25) is 0 Å². The fraction of sp³-hybridized carbons (Fsp3) is 0.333. The molecule has 0 aliphatic carbocycles. The average molecular weight is 253 g/mol. The van der Waals surface area contributed by atoms with Gasteiger partial charge in [-0.05, 0) is 11.6 Å². The highest BCUT2D eigenvalue weighted by Gasteiger charge is 2.06. The van der Waals surface area contributed by atoms with Gasteiger partial charge < -0.3 is 4.98 Å². The van der Waals surface area contributed by atoms with E-state index in [9.17, 15) is 8.42 Å². The lowest BCUT2D eigenvalue weighted by molar-refractivity contribution is 0.586. The van der Waals surface area contributed by atoms with Crippen LogP contribution in [-0.2, 0) is 16.6 Å². The van der Waals surface area contributed by atoms with Crippen LogP contribution in [0, 0.1) is 0 Å². The molecule has 1 aromatic heterocycles. The molecule has 1 rings (SSSR count). The van der Waals surface area contributed by atoms with Crippen molar-refractivity contribution in [3.8, 4) is 0 Å². The second-order valence-electron chi connectivity index (χ2n) is 2.26. The minimum atomic E-state index is -3.14. The van der Waals surface area contributed by atoms with Crippen LogP contribution in [-0.4, -0.2) is 18.1 Å². The van der Waals surface area contributed by atoms with Gasteiger partial charge in [0.1, 0.15) is 4.66 Å². The number of sulfonamides is 1. The number of aromatic amines is 1. The number of aromatic nitrogens is 1. The molecule has 0 saturated heterocycles. The summed E-state index contributed by atoms with van der Waals surface area (Å²) in [5, 5.41) is 0. The molecule has 0 bridgehead atoms. The van der Waals surface area contributed by atoms with Crippen molar-refractivity contribution in [1.29, 1.82) is 0 Å². The van der Waals surface area contributed by atoms with Crippen LogP contribution in [0.1, 0.15) is 5.56 Å². The van der Waals surface area contributed by atoms with Gasteiger partial charge in [0.15, 0.2) is 0 Å². The molecule has 0 amide bonds. The molecule has 0 aliphatic heterocycles. The molecule has 12 heavy (non-hydrogen) atoms. The van der Waals surface area contributed by atoms with Gasteiger partial charge in [0.2, 0.25) is 10.0 Å². The second-order valence-corrected chi connectivity index (χ2v) is 5.37. The first-order valence-electron chi connectivity index (χ1n) is 3.29. The zero-order valence-corrected chi connectivity index (χ0v) is 8.65. The van der Waals surface area contributed by atoms with Gasteiger partial charge in [-0.15, -0.1) is 0 Å². The standard InChI is InChI=1S/C6H9BrN2O2S/c7-5-12(10,11)9-4-6-1-2-8-3-6/h1-3,8-9H,4-5H2. The molecule has 1 heterocycles. The molecular formula is C6H9BrN2O2S. The molecule has 4 nitrogen and oxygen atoms in total. The van der Waals surface area contributed by atoms with E-state index in [1.165, 1.54) is 0 Å². The van der Waals surface area contributed by atoms with E-state index in [0.717, 1.165) is 5.56 Å². The minimum Gasteiger partial charge on any atom is -0.367 e. The number of hydrogen-bond acceptors (Lipinski definition) is 2. The lowest BCUT2D eigenvalue weighted by Crippen LogP contribution is -2.23. The number of nitrogens with one attached hydrogen (secondary N) is 2. The van der Waals surface area contributed by atoms with Crippen LogP contribution in [0.15, 0.2) is 18.5 Å². The largest absolute Gasteiger partial charge is 0.367 e. The lowest BCUT2D eigenvalue weighted by atomic mass is 10.4. The molecule has 0 atom stereocenters. The number of halogens is 1. The van der Waals surface area contributed by atoms with Gasteiger partial charge in [0.25, 0.3) is 0 Å². The highest BCUT2D eigenvalue weighted by atomic mass is 79.9. The quantitative estimate of drug-likeness (QED) is 0.779. The SMILES string of the molecule is O=S(=O)(CBr)NCc1cc[nH]c1. The third-order valence-corrected chi connectivity index (χ3v) is 3.98. The summed E-state index contributed by atoms with van der Waals surface area (Å²) in [7, 11) is -3.14. The van der Waals surface area contributed by atoms with E-state index in [-0.39, 0.29) is 4.66 Å². The maximum atomic E-state index is 10.9. The van der Waals surface area contributed by atoms with Gasteiger partial charge in [0, 0.05) is 18.9 Å². The first-order valence-corrected chi connectivity index (χ1v) is 6.06. The topological polar surface area (TPSA) is 62.0 Å². The fourth-order valence-corrected chi connectivity index (χ4v) is 1.65. The first-order chi connectivity index (χ1) is 5.64. The Morgan fingerprint density at radius 1 is 1.58 bits per heavy atom. The molecule has 2 N–H and O–H groups in total. The van der Waals surface area contributed by atoms with E-state index in [4.69, 9.17) is 0 Å². The molecular weight excluding hydrogens is 244 g/mol. The molecule has 0 fully saturated rings. The monoisotopic (exact) mass is 252 g/mol. The Morgan fingerprint density at radius 2 is 2.33 bits per heavy atom. The van der Waals surface area contributed by atoms with Gasteiger partial charge in [-0.1, -0.05) is 15.9 Å². The number of H-pyrrole nitrogens is 1. The summed E-state index contributed by atoms with van der Waals surface area (Å²) in [5.41, 5.74) is 0.916. The molecule has 0 radical (unpaired) electrons. The van der Waals surface area contributed by atoms with Crippen LogP contribution < -0.4 is 4.72 Å². The molecule has 0 aromatic carbocycles. The van der Waals surface area contributed by atoms with Crippen molar-refractivity contribution in [2.75, 3.05) is 4.66 Å². The predicted octanol–water partition coefficient (Wildman–Crippen LogP) is 0.787. The molecule has 0 saturated carbocycles. The van der Waals surface area contributed by atoms with Crippen LogP contribution in [0.3, 0.4) is 0 Å². The Labute approximate surface area is 79.5 Å². The second kappa shape index (κ2) is 4.06. The van der Waals surface area contributed by atoms with Crippen molar-refractivity contribution in [2.24, 2.45) is 0 Å². The van der Waals surface area contributed by atoms with Gasteiger partial charge >= 0.3 is 0 Å². The third kappa shape index (κ3) is 2.96. The van der Waals surface area contributed by atoms with E-state index in [2.05, 4.69) is 25.6 Å². The Kier molecular flexibility index (Phi) is 3.30. The van der Waals surface area contributed by atoms with Crippen molar-refractivity contribution in [3.63, 3.8) is 0 Å². The summed E-state index contributed by atoms with van der Waals surface area (Å²) in [6, 6.07) is 1.82. The van der Waals surface area contributed by atoms with E-state index in [1.807, 2.05) is 6.07 Å². The van der Waals surface area contributed by atoms with E-state index >= 15 is 0 Å². The zero-order chi connectivity index (χ0) is 9.03. The van der Waals surface area contributed by atoms with Gasteiger partial charge in [-0.25, -0.2) is 13.1 Å². The molecule has 1 aromatic rings. The van der Waals surface area contributed by atoms with Crippen LogP contribution in [0.25, 0.3) is 0 Å². The fourth-order valence-electron chi connectivity index (χ4n) is 0.700. The summed E-state index contributed by atoms with van der Waals surface area (Å²) >= 11 is 2.88. The normalized spacial score (nSPS) is 11.8. The Bertz CT molecular complexity index is 319. The summed E-state index contributed by atoms with van der Waals surface area (Å²) in [4.78, 5) is 2.84. The first kappa shape index (κ1) is 9.76. The van der Waals surface area contributed by atoms with Crippen LogP contribution in [0.5, 0.6) is 0 Å². The summed E-state index contributed by atoms with van der Waals surface area (Å²) in [6.45, 7) is 0.331. The summed E-state index contributed by atoms with van der Waals surface area (Å²) in [5.74, 6) is 0. The van der Waals surface area contributed by atoms with E-state index in [0.29, 0.717) is 6.54 Å². The molecule has 0 aliphatic rings. The van der Waals surface area contributed by atoms with Crippen LogP contribution in [0.2, 0.25) is 0 Å². The van der Waals surface area contributed by atoms with E-state index in [1.54, 1.807) is 12.4 Å². The predicted molar refractivity (Wildman–Crippen MR) is 50.3 cm³/mol. The Morgan fingerprint density at radius 3 is 2.83 bits per heavy atom. The Balaban J connectivity index is 2.47. The van der Waals surface area contributed by atoms with Gasteiger partial charge in [0.05, 0.1) is 0 Å². The van der Waals surface area contributed by atoms with Crippen molar-refractivity contribution in [1.82, 2.24) is 9.71 Å². The van der Waals surface area contributed by atoms with Crippen molar-refractivity contribution in [3.05, 3.63) is 24.0 Å². The summed E-state index contributed by atoms with van der Waals surface area (Å²) < 4.78 is 24.2. The number of alkyl halides is 1. The number of hydrogen-bond donors (Lipinski definition) is 2. The minimum absolute atomic E-state index is 0.0651. The number of rotatable bonds is 4. The highest BCUT2D eigenvalue weighted by molar-refractivity contribution is 9.10. The molecule has 0 spiro atoms. The molecule has 0 unspecified atom stereocenters. The van der Waals surface area contributed by atoms with Crippen molar-refractivity contribution in [2.45, 2.75) is 6.54 Å². The molecule has 6 heteroatoms. The van der Waals surface area contributed by atoms with Gasteiger partial charge in [-0.2, -0.15) is 0 Å². The molecule has 68 valence electrons. The Hall–Kier alpha value is -0.330. The highest BCUT2D eigenvalue weighted by Crippen LogP contribution is 1.98. The maximum absolute atomic E-state index is 10.9. The van der Waals surface area contributed by atoms with Crippen LogP contribution >= 0.6 is 15.9 Å². The third-order valence-electron chi connectivity index (χ3n) is 1.30. The van der Waals surface area contributed by atoms with E-state index < -0.39 is 10.0 Å². The van der Waals surface area contributed by atoms with Crippen LogP contribution in [0.4, 0.5) is 0 Å². The van der Waals surface area contributed by atoms with Crippen molar-refractivity contribution < 1.29 is 8.42 Å². The maximum Gasteiger partial charge on any atom is 0.221 e.